The van der Waals surface area contributed by atoms with Crippen LogP contribution in [0.1, 0.15) is 67.9 Å². The normalized spacial score (nSPS) is 28.7. The maximum absolute atomic E-state index is 14.1. The van der Waals surface area contributed by atoms with Crippen LogP contribution < -0.4 is 4.74 Å². The summed E-state index contributed by atoms with van der Waals surface area (Å²) in [4.78, 5) is 41.5. The number of aliphatic hydroxyl groups is 1. The van der Waals surface area contributed by atoms with Gasteiger partial charge in [-0.05, 0) is 56.7 Å². The summed E-state index contributed by atoms with van der Waals surface area (Å²) >= 11 is 0. The minimum Gasteiger partial charge on any atom is -0.507 e. The number of aliphatic hydroxyl groups excluding tert-OH is 1. The van der Waals surface area contributed by atoms with Gasteiger partial charge in [0.25, 0.3) is 5.79 Å². The first-order valence-electron chi connectivity index (χ1n) is 13.0. The highest BCUT2D eigenvalue weighted by molar-refractivity contribution is 6.30. The van der Waals surface area contributed by atoms with E-state index in [2.05, 4.69) is 0 Å². The van der Waals surface area contributed by atoms with Gasteiger partial charge in [0.2, 0.25) is 5.78 Å². The van der Waals surface area contributed by atoms with Crippen molar-refractivity contribution in [3.05, 3.63) is 104 Å². The lowest BCUT2D eigenvalue weighted by Gasteiger charge is -2.47. The zero-order chi connectivity index (χ0) is 28.0. The number of aromatic hydroxyl groups is 2. The van der Waals surface area contributed by atoms with Crippen molar-refractivity contribution in [2.45, 2.75) is 38.1 Å². The number of phenolic OH excluding ortho intramolecular Hbond substituents is 2. The van der Waals surface area contributed by atoms with Gasteiger partial charge in [0, 0.05) is 28.2 Å². The fourth-order valence-corrected chi connectivity index (χ4v) is 7.99. The third-order valence-electron chi connectivity index (χ3n) is 9.20. The number of rotatable bonds is 0. The smallest absolute Gasteiger partial charge is 0.253 e. The summed E-state index contributed by atoms with van der Waals surface area (Å²) < 4.78 is 13.4. The van der Waals surface area contributed by atoms with E-state index in [1.54, 1.807) is 37.3 Å². The van der Waals surface area contributed by atoms with Gasteiger partial charge in [0.15, 0.2) is 11.6 Å². The van der Waals surface area contributed by atoms with Gasteiger partial charge < -0.3 is 24.8 Å². The lowest BCUT2D eigenvalue weighted by molar-refractivity contribution is -0.189. The van der Waals surface area contributed by atoms with Gasteiger partial charge in [-0.25, -0.2) is 0 Å². The van der Waals surface area contributed by atoms with Crippen molar-refractivity contribution in [3.8, 4) is 17.2 Å². The van der Waals surface area contributed by atoms with Crippen LogP contribution in [-0.4, -0.2) is 38.8 Å². The summed E-state index contributed by atoms with van der Waals surface area (Å²) in [7, 11) is 0. The SMILES string of the molecule is CC1=CC(=O)C2=C(O)c3c(O)cccc3[C@@]34Oc5c(ccc6c5C(=O)c5c(O)cc(C)cc5C6=O)[C@@]23[C@@H]1[C@H](C)O4. The molecule has 8 nitrogen and oxygen atoms in total. The molecule has 3 N–H and O–H groups in total. The van der Waals surface area contributed by atoms with Gasteiger partial charge in [-0.1, -0.05) is 23.8 Å². The molecule has 0 bridgehead atoms. The lowest BCUT2D eigenvalue weighted by Crippen LogP contribution is -2.55. The molecule has 3 aromatic rings. The van der Waals surface area contributed by atoms with Crippen LogP contribution in [0.5, 0.6) is 17.2 Å². The third-order valence-corrected chi connectivity index (χ3v) is 9.20. The number of fused-ring (bicyclic) bond motifs is 5. The van der Waals surface area contributed by atoms with Crippen LogP contribution in [0.3, 0.4) is 0 Å². The molecule has 4 atom stereocenters. The molecule has 2 heterocycles. The van der Waals surface area contributed by atoms with E-state index in [9.17, 15) is 29.7 Å². The number of phenols is 2. The number of carbonyl (C=O) groups excluding carboxylic acids is 3. The first kappa shape index (κ1) is 23.2. The summed E-state index contributed by atoms with van der Waals surface area (Å²) in [5.74, 6) is -4.58. The standard InChI is InChI=1S/C32H22O8/c1-12-9-16-22(20(34)10-12)28(37)23-15(27(16)36)7-8-18-30(23)40-32-17-5-4-6-19(33)24(17)29(38)26-21(35)11-13(2)25(14(3)39-32)31(18,26)32/h4-11,14,25,33-34,38H,1-3H3/t14-,25-,31+,32+/m0/s1. The zero-order valence-corrected chi connectivity index (χ0v) is 21.7. The van der Waals surface area contributed by atoms with Crippen molar-refractivity contribution in [2.75, 3.05) is 0 Å². The van der Waals surface area contributed by atoms with E-state index in [0.717, 1.165) is 5.57 Å². The summed E-state index contributed by atoms with van der Waals surface area (Å²) in [5.41, 5.74) is 0.768. The van der Waals surface area contributed by atoms with Gasteiger partial charge in [-0.2, -0.15) is 0 Å². The molecular weight excluding hydrogens is 512 g/mol. The van der Waals surface area contributed by atoms with E-state index < -0.39 is 40.6 Å². The molecular formula is C32H22O8. The fraction of sp³-hybridized carbons (Fsp3) is 0.219. The Morgan fingerprint density at radius 2 is 1.60 bits per heavy atom. The highest BCUT2D eigenvalue weighted by Crippen LogP contribution is 2.73. The number of allylic oxidation sites excluding steroid dienone is 1. The number of aryl methyl sites for hydroxylation is 1. The molecule has 5 aliphatic rings. The van der Waals surface area contributed by atoms with E-state index in [1.165, 1.54) is 18.2 Å². The van der Waals surface area contributed by atoms with Crippen molar-refractivity contribution >= 4 is 23.1 Å². The predicted molar refractivity (Wildman–Crippen MR) is 141 cm³/mol. The van der Waals surface area contributed by atoms with Gasteiger partial charge in [-0.3, -0.25) is 14.4 Å². The van der Waals surface area contributed by atoms with Gasteiger partial charge in [-0.15, -0.1) is 0 Å². The van der Waals surface area contributed by atoms with Crippen LogP contribution in [0.25, 0.3) is 5.76 Å². The topological polar surface area (TPSA) is 130 Å². The highest BCUT2D eigenvalue weighted by Gasteiger charge is 2.78. The molecule has 2 aliphatic heterocycles. The zero-order valence-electron chi connectivity index (χ0n) is 21.7. The first-order chi connectivity index (χ1) is 19.0. The highest BCUT2D eigenvalue weighted by atomic mass is 16.7. The lowest BCUT2D eigenvalue weighted by atomic mass is 9.53. The van der Waals surface area contributed by atoms with Crippen LogP contribution in [0.15, 0.2) is 59.7 Å². The largest absolute Gasteiger partial charge is 0.507 e. The fourth-order valence-electron chi connectivity index (χ4n) is 7.99. The van der Waals surface area contributed by atoms with Crippen LogP contribution in [0.2, 0.25) is 0 Å². The van der Waals surface area contributed by atoms with E-state index >= 15 is 0 Å². The van der Waals surface area contributed by atoms with E-state index in [0.29, 0.717) is 16.7 Å². The van der Waals surface area contributed by atoms with E-state index in [1.807, 2.05) is 13.8 Å². The minimum atomic E-state index is -1.73. The number of ketones is 3. The van der Waals surface area contributed by atoms with E-state index in [-0.39, 0.29) is 56.4 Å². The van der Waals surface area contributed by atoms with Crippen LogP contribution in [0, 0.1) is 12.8 Å². The molecule has 0 saturated carbocycles. The van der Waals surface area contributed by atoms with Gasteiger partial charge in [0.05, 0.1) is 28.4 Å². The molecule has 0 aromatic heterocycles. The summed E-state index contributed by atoms with van der Waals surface area (Å²) in [6.07, 6.45) is 0.971. The Morgan fingerprint density at radius 1 is 0.825 bits per heavy atom. The molecule has 1 spiro atoms. The van der Waals surface area contributed by atoms with Crippen LogP contribution in [-0.2, 0) is 20.7 Å². The molecule has 0 radical (unpaired) electrons. The Bertz CT molecular complexity index is 1890. The summed E-state index contributed by atoms with van der Waals surface area (Å²) in [6, 6.07) is 10.9. The maximum atomic E-state index is 14.1. The predicted octanol–water partition coefficient (Wildman–Crippen LogP) is 4.51. The van der Waals surface area contributed by atoms with E-state index in [4.69, 9.17) is 9.47 Å². The van der Waals surface area contributed by atoms with Crippen LogP contribution in [0.4, 0.5) is 0 Å². The monoisotopic (exact) mass is 534 g/mol. The number of ether oxygens (including phenoxy) is 2. The van der Waals surface area contributed by atoms with Crippen molar-refractivity contribution in [3.63, 3.8) is 0 Å². The van der Waals surface area contributed by atoms with Crippen molar-refractivity contribution in [1.82, 2.24) is 0 Å². The molecule has 0 unspecified atom stereocenters. The second-order valence-electron chi connectivity index (χ2n) is 11.2. The average Bonchev–Trinajstić information content (AvgIpc) is 3.31. The maximum Gasteiger partial charge on any atom is 0.253 e. The Balaban J connectivity index is 1.52. The number of benzene rings is 3. The molecule has 1 saturated heterocycles. The molecule has 0 amide bonds. The quantitative estimate of drug-likeness (QED) is 0.300. The minimum absolute atomic E-state index is 0.00797. The van der Waals surface area contributed by atoms with Crippen molar-refractivity contribution in [1.29, 1.82) is 0 Å². The molecule has 3 aliphatic carbocycles. The Kier molecular flexibility index (Phi) is 4.00. The summed E-state index contributed by atoms with van der Waals surface area (Å²) in [5, 5.41) is 33.2. The first-order valence-corrected chi connectivity index (χ1v) is 13.0. The molecule has 198 valence electrons. The number of carbonyl (C=O) groups is 3. The Hall–Kier alpha value is -4.69. The second kappa shape index (κ2) is 6.89. The molecule has 3 aromatic carbocycles. The molecule has 1 fully saturated rings. The Morgan fingerprint density at radius 3 is 2.38 bits per heavy atom. The molecule has 8 heteroatoms. The van der Waals surface area contributed by atoms with Gasteiger partial charge >= 0.3 is 0 Å². The van der Waals surface area contributed by atoms with Crippen molar-refractivity contribution < 1.29 is 39.2 Å². The Labute approximate surface area is 227 Å². The van der Waals surface area contributed by atoms with Crippen LogP contribution >= 0.6 is 0 Å². The second-order valence-corrected chi connectivity index (χ2v) is 11.2. The average molecular weight is 535 g/mol. The third kappa shape index (κ3) is 2.21. The number of hydrogen-bond acceptors (Lipinski definition) is 8. The number of hydrogen-bond donors (Lipinski definition) is 3. The van der Waals surface area contributed by atoms with Gasteiger partial charge in [0.1, 0.15) is 28.4 Å². The van der Waals surface area contributed by atoms with Crippen molar-refractivity contribution in [2.24, 2.45) is 5.92 Å². The summed E-state index contributed by atoms with van der Waals surface area (Å²) in [6.45, 7) is 5.40. The molecule has 8 rings (SSSR count). The molecule has 40 heavy (non-hydrogen) atoms.